The third kappa shape index (κ3) is 4.53. The molecule has 0 aliphatic heterocycles. The summed E-state index contributed by atoms with van der Waals surface area (Å²) in [6.45, 7) is 15.9. The third-order valence-electron chi connectivity index (χ3n) is 6.13. The van der Waals surface area contributed by atoms with Crippen LogP contribution >= 0.6 is 0 Å². The maximum Gasteiger partial charge on any atom is 0.330 e. The third-order valence-corrected chi connectivity index (χ3v) is 6.13. The number of fused-ring (bicyclic) bond motifs is 1. The second kappa shape index (κ2) is 8.02. The van der Waals surface area contributed by atoms with Gasteiger partial charge in [0.1, 0.15) is 0 Å². The molecule has 0 radical (unpaired) electrons. The van der Waals surface area contributed by atoms with Crippen LogP contribution in [0.3, 0.4) is 0 Å². The Hall–Kier alpha value is -2.61. The number of hydrogen-bond acceptors (Lipinski definition) is 2. The summed E-state index contributed by atoms with van der Waals surface area (Å²) >= 11 is 0. The molecule has 29 heavy (non-hydrogen) atoms. The van der Waals surface area contributed by atoms with E-state index in [2.05, 4.69) is 64.6 Å². The topological polar surface area (TPSA) is 26.3 Å². The molecule has 152 valence electrons. The van der Waals surface area contributed by atoms with Crippen LogP contribution in [0.1, 0.15) is 75.3 Å². The number of ether oxygens (including phenoxy) is 1. The molecule has 0 spiro atoms. The Balaban J connectivity index is 1.92. The summed E-state index contributed by atoms with van der Waals surface area (Å²) in [5.41, 5.74) is 7.44. The highest BCUT2D eigenvalue weighted by Gasteiger charge is 2.37. The molecule has 1 aliphatic carbocycles. The Morgan fingerprint density at radius 3 is 2.34 bits per heavy atom. The van der Waals surface area contributed by atoms with Crippen LogP contribution in [0.4, 0.5) is 0 Å². The van der Waals surface area contributed by atoms with E-state index in [9.17, 15) is 4.79 Å². The lowest BCUT2D eigenvalue weighted by Gasteiger charge is -2.42. The number of esters is 1. The number of carbonyl (C=O) groups is 1. The Bertz CT molecular complexity index is 960. The zero-order chi connectivity index (χ0) is 21.2. The molecule has 0 saturated heterocycles. The second-order valence-electron chi connectivity index (χ2n) is 9.22. The Labute approximate surface area is 175 Å². The van der Waals surface area contributed by atoms with E-state index in [-0.39, 0.29) is 16.8 Å². The minimum Gasteiger partial charge on any atom is -0.463 e. The van der Waals surface area contributed by atoms with Crippen LogP contribution in [0.2, 0.25) is 0 Å². The fourth-order valence-electron chi connectivity index (χ4n) is 4.13. The van der Waals surface area contributed by atoms with Crippen molar-refractivity contribution in [2.24, 2.45) is 0 Å². The summed E-state index contributed by atoms with van der Waals surface area (Å²) in [4.78, 5) is 11.6. The molecule has 0 heterocycles. The Kier molecular flexibility index (Phi) is 5.84. The first kappa shape index (κ1) is 21.1. The van der Waals surface area contributed by atoms with Gasteiger partial charge in [0.05, 0.1) is 6.61 Å². The SMILES string of the molecule is C=C(c1cccc(/C=C/C(=O)OCC)c1)c1ccc2c(c1)C(C)(C)CCC2(C)C. The molecule has 2 heteroatoms. The van der Waals surface area contributed by atoms with Gasteiger partial charge in [-0.05, 0) is 76.1 Å². The predicted molar refractivity (Wildman–Crippen MR) is 122 cm³/mol. The zero-order valence-corrected chi connectivity index (χ0v) is 18.3. The number of carbonyl (C=O) groups excluding carboxylic acids is 1. The van der Waals surface area contributed by atoms with Crippen molar-refractivity contribution in [2.75, 3.05) is 6.61 Å². The van der Waals surface area contributed by atoms with E-state index in [1.807, 2.05) is 12.1 Å². The number of hydrogen-bond donors (Lipinski definition) is 0. The minimum atomic E-state index is -0.323. The molecule has 0 saturated carbocycles. The van der Waals surface area contributed by atoms with E-state index in [0.717, 1.165) is 22.3 Å². The van der Waals surface area contributed by atoms with E-state index >= 15 is 0 Å². The number of benzene rings is 2. The molecule has 2 aromatic rings. The molecule has 2 nitrogen and oxygen atoms in total. The van der Waals surface area contributed by atoms with Gasteiger partial charge in [0.25, 0.3) is 0 Å². The quantitative estimate of drug-likeness (QED) is 0.422. The molecule has 2 aromatic carbocycles. The molecule has 0 fully saturated rings. The monoisotopic (exact) mass is 388 g/mol. The van der Waals surface area contributed by atoms with Gasteiger partial charge in [0, 0.05) is 6.08 Å². The van der Waals surface area contributed by atoms with Gasteiger partial charge in [-0.15, -0.1) is 0 Å². The van der Waals surface area contributed by atoms with Crippen molar-refractivity contribution in [1.82, 2.24) is 0 Å². The Morgan fingerprint density at radius 1 is 1.00 bits per heavy atom. The van der Waals surface area contributed by atoms with Gasteiger partial charge in [-0.25, -0.2) is 4.79 Å². The average molecular weight is 389 g/mol. The fraction of sp³-hybridized carbons (Fsp3) is 0.370. The summed E-state index contributed by atoms with van der Waals surface area (Å²) < 4.78 is 4.96. The maximum atomic E-state index is 11.6. The highest BCUT2D eigenvalue weighted by molar-refractivity contribution is 5.87. The van der Waals surface area contributed by atoms with E-state index < -0.39 is 0 Å². The molecule has 0 aromatic heterocycles. The first-order valence-corrected chi connectivity index (χ1v) is 10.4. The predicted octanol–water partition coefficient (Wildman–Crippen LogP) is 6.67. The van der Waals surface area contributed by atoms with E-state index in [1.54, 1.807) is 13.0 Å². The van der Waals surface area contributed by atoms with Crippen LogP contribution in [-0.4, -0.2) is 12.6 Å². The summed E-state index contributed by atoms with van der Waals surface area (Å²) in [6.07, 6.45) is 5.65. The first-order valence-electron chi connectivity index (χ1n) is 10.4. The van der Waals surface area contributed by atoms with Crippen LogP contribution in [-0.2, 0) is 20.4 Å². The van der Waals surface area contributed by atoms with Crippen LogP contribution in [0, 0.1) is 0 Å². The first-order chi connectivity index (χ1) is 13.6. The zero-order valence-electron chi connectivity index (χ0n) is 18.3. The van der Waals surface area contributed by atoms with Crippen molar-refractivity contribution in [3.63, 3.8) is 0 Å². The van der Waals surface area contributed by atoms with Crippen LogP contribution in [0.25, 0.3) is 11.6 Å². The van der Waals surface area contributed by atoms with Crippen molar-refractivity contribution < 1.29 is 9.53 Å². The molecule has 3 rings (SSSR count). The van der Waals surface area contributed by atoms with E-state index in [4.69, 9.17) is 4.74 Å². The largest absolute Gasteiger partial charge is 0.463 e. The van der Waals surface area contributed by atoms with Gasteiger partial charge in [-0.1, -0.05) is 70.7 Å². The van der Waals surface area contributed by atoms with Gasteiger partial charge in [0.2, 0.25) is 0 Å². The molecule has 1 aliphatic rings. The maximum absolute atomic E-state index is 11.6. The van der Waals surface area contributed by atoms with Crippen molar-refractivity contribution in [3.05, 3.63) is 82.9 Å². The lowest BCUT2D eigenvalue weighted by molar-refractivity contribution is -0.137. The summed E-state index contributed by atoms with van der Waals surface area (Å²) in [7, 11) is 0. The summed E-state index contributed by atoms with van der Waals surface area (Å²) in [5.74, 6) is -0.323. The van der Waals surface area contributed by atoms with Gasteiger partial charge in [-0.3, -0.25) is 0 Å². The van der Waals surface area contributed by atoms with Crippen molar-refractivity contribution >= 4 is 17.6 Å². The molecule has 0 atom stereocenters. The highest BCUT2D eigenvalue weighted by atomic mass is 16.5. The van der Waals surface area contributed by atoms with Crippen molar-refractivity contribution in [3.8, 4) is 0 Å². The van der Waals surface area contributed by atoms with Crippen LogP contribution in [0.5, 0.6) is 0 Å². The highest BCUT2D eigenvalue weighted by Crippen LogP contribution is 2.46. The standard InChI is InChI=1S/C27H32O2/c1-7-29-25(28)14-11-20-9-8-10-21(17-20)19(2)22-12-13-23-24(18-22)27(5,6)16-15-26(23,3)4/h8-14,17-18H,2,7,15-16H2,1,3-6H3/b14-11+. The molecular weight excluding hydrogens is 356 g/mol. The normalized spacial score (nSPS) is 17.0. The van der Waals surface area contributed by atoms with Gasteiger partial charge >= 0.3 is 5.97 Å². The molecule has 0 bridgehead atoms. The summed E-state index contributed by atoms with van der Waals surface area (Å²) in [5, 5.41) is 0. The summed E-state index contributed by atoms with van der Waals surface area (Å²) in [6, 6.07) is 14.9. The number of rotatable bonds is 5. The second-order valence-corrected chi connectivity index (χ2v) is 9.22. The smallest absolute Gasteiger partial charge is 0.330 e. The average Bonchev–Trinajstić information content (AvgIpc) is 2.70. The van der Waals surface area contributed by atoms with Gasteiger partial charge < -0.3 is 4.74 Å². The molecule has 0 N–H and O–H groups in total. The van der Waals surface area contributed by atoms with Crippen LogP contribution in [0.15, 0.2) is 55.1 Å². The molecule has 0 amide bonds. The van der Waals surface area contributed by atoms with Crippen LogP contribution < -0.4 is 0 Å². The molecule has 0 unspecified atom stereocenters. The van der Waals surface area contributed by atoms with Crippen molar-refractivity contribution in [1.29, 1.82) is 0 Å². The lowest BCUT2D eigenvalue weighted by atomic mass is 9.63. The van der Waals surface area contributed by atoms with E-state index in [1.165, 1.54) is 30.0 Å². The molecular formula is C27H32O2. The lowest BCUT2D eigenvalue weighted by Crippen LogP contribution is -2.33. The van der Waals surface area contributed by atoms with Gasteiger partial charge in [0.15, 0.2) is 0 Å². The minimum absolute atomic E-state index is 0.172. The van der Waals surface area contributed by atoms with E-state index in [0.29, 0.717) is 6.61 Å². The van der Waals surface area contributed by atoms with Gasteiger partial charge in [-0.2, -0.15) is 0 Å². The fourth-order valence-corrected chi connectivity index (χ4v) is 4.13. The Morgan fingerprint density at radius 2 is 1.66 bits per heavy atom. The van der Waals surface area contributed by atoms with Crippen molar-refractivity contribution in [2.45, 2.75) is 58.3 Å².